The predicted octanol–water partition coefficient (Wildman–Crippen LogP) is 6.97. The van der Waals surface area contributed by atoms with Gasteiger partial charge >= 0.3 is 6.09 Å². The normalized spacial score (nSPS) is 21.0. The van der Waals surface area contributed by atoms with Crippen molar-refractivity contribution in [2.24, 2.45) is 5.92 Å². The fourth-order valence-corrected chi connectivity index (χ4v) is 6.90. The molecule has 6 nitrogen and oxygen atoms in total. The van der Waals surface area contributed by atoms with Crippen LogP contribution in [0.4, 0.5) is 9.18 Å². The number of piperidine rings is 1. The van der Waals surface area contributed by atoms with E-state index in [1.165, 1.54) is 17.7 Å². The topological polar surface area (TPSA) is 53.1 Å². The van der Waals surface area contributed by atoms with E-state index in [1.807, 2.05) is 53.2 Å². The van der Waals surface area contributed by atoms with Gasteiger partial charge in [0.1, 0.15) is 12.4 Å². The van der Waals surface area contributed by atoms with Crippen LogP contribution < -0.4 is 0 Å². The van der Waals surface area contributed by atoms with Crippen molar-refractivity contribution in [2.75, 3.05) is 33.2 Å². The first-order valence-corrected chi connectivity index (χ1v) is 15.7. The van der Waals surface area contributed by atoms with Crippen LogP contribution in [0.15, 0.2) is 84.9 Å². The zero-order valence-electron chi connectivity index (χ0n) is 25.4. The molecule has 3 atom stereocenters. The van der Waals surface area contributed by atoms with Gasteiger partial charge in [-0.1, -0.05) is 67.6 Å². The molecule has 2 amide bonds. The minimum absolute atomic E-state index is 0.0616. The van der Waals surface area contributed by atoms with Gasteiger partial charge in [-0.3, -0.25) is 4.79 Å². The van der Waals surface area contributed by atoms with E-state index in [-0.39, 0.29) is 29.9 Å². The second kappa shape index (κ2) is 14.6. The highest BCUT2D eigenvalue weighted by atomic mass is 19.1. The number of benzene rings is 3. The molecule has 43 heavy (non-hydrogen) atoms. The van der Waals surface area contributed by atoms with Crippen LogP contribution in [0.3, 0.4) is 0 Å². The number of rotatable bonds is 10. The molecule has 2 fully saturated rings. The number of halogens is 1. The molecule has 0 radical (unpaired) electrons. The Bertz CT molecular complexity index is 1310. The highest BCUT2D eigenvalue weighted by Crippen LogP contribution is 2.42. The number of likely N-dealkylation sites (tertiary alicyclic amines) is 1. The van der Waals surface area contributed by atoms with Crippen molar-refractivity contribution in [2.45, 2.75) is 63.6 Å². The average Bonchev–Trinajstić information content (AvgIpc) is 3.47. The van der Waals surface area contributed by atoms with Gasteiger partial charge in [-0.2, -0.15) is 0 Å². The molecule has 228 valence electrons. The third-order valence-corrected chi connectivity index (χ3v) is 9.25. The zero-order chi connectivity index (χ0) is 30.2. The van der Waals surface area contributed by atoms with Crippen molar-refractivity contribution >= 4 is 12.0 Å². The van der Waals surface area contributed by atoms with Gasteiger partial charge < -0.3 is 19.4 Å². The number of amides is 2. The summed E-state index contributed by atoms with van der Waals surface area (Å²) in [5.41, 5.74) is 2.84. The molecular formula is C36H44FN3O3. The van der Waals surface area contributed by atoms with Crippen LogP contribution in [0.1, 0.15) is 66.4 Å². The van der Waals surface area contributed by atoms with Crippen LogP contribution >= 0.6 is 0 Å². The summed E-state index contributed by atoms with van der Waals surface area (Å²) < 4.78 is 19.2. The van der Waals surface area contributed by atoms with Crippen molar-refractivity contribution < 1.29 is 18.7 Å². The Kier molecular flexibility index (Phi) is 10.5. The minimum Gasteiger partial charge on any atom is -0.445 e. The van der Waals surface area contributed by atoms with Gasteiger partial charge in [0.15, 0.2) is 0 Å². The molecule has 1 heterocycles. The third kappa shape index (κ3) is 7.82. The van der Waals surface area contributed by atoms with Gasteiger partial charge in [-0.05, 0) is 79.3 Å². The molecule has 0 spiro atoms. The maximum Gasteiger partial charge on any atom is 0.410 e. The van der Waals surface area contributed by atoms with Crippen molar-refractivity contribution in [1.29, 1.82) is 0 Å². The summed E-state index contributed by atoms with van der Waals surface area (Å²) in [4.78, 5) is 32.7. The molecule has 5 rings (SSSR count). The summed E-state index contributed by atoms with van der Waals surface area (Å²) in [7, 11) is 1.88. The Morgan fingerprint density at radius 1 is 0.884 bits per heavy atom. The summed E-state index contributed by atoms with van der Waals surface area (Å²) in [6, 6.07) is 26.6. The summed E-state index contributed by atoms with van der Waals surface area (Å²) in [6.45, 7) is 5.93. The van der Waals surface area contributed by atoms with Crippen molar-refractivity contribution in [3.05, 3.63) is 107 Å². The molecule has 0 bridgehead atoms. The summed E-state index contributed by atoms with van der Waals surface area (Å²) in [5, 5.41) is 0. The second-order valence-corrected chi connectivity index (χ2v) is 12.1. The lowest BCUT2D eigenvalue weighted by Gasteiger charge is -2.39. The Balaban J connectivity index is 1.20. The molecule has 3 aromatic rings. The third-order valence-electron chi connectivity index (χ3n) is 9.25. The molecular weight excluding hydrogens is 541 g/mol. The Hall–Kier alpha value is -3.71. The van der Waals surface area contributed by atoms with E-state index in [4.69, 9.17) is 4.74 Å². The Morgan fingerprint density at radius 2 is 1.53 bits per heavy atom. The van der Waals surface area contributed by atoms with Crippen LogP contribution in [-0.2, 0) is 11.3 Å². The standard InChI is InChI=1S/C36H44FN3O3/c1-3-20-40(36(42)43-26-27-10-6-4-7-11-27)32-18-21-39(22-19-32)25-30-23-33(24-34(30)28-12-8-5-9-13-28)38(2)35(41)29-14-16-31(37)17-15-29/h4-17,30,32-34H,3,18-26H2,1-2H3. The van der Waals surface area contributed by atoms with Crippen LogP contribution in [0.2, 0.25) is 0 Å². The summed E-state index contributed by atoms with van der Waals surface area (Å²) >= 11 is 0. The fourth-order valence-electron chi connectivity index (χ4n) is 6.90. The largest absolute Gasteiger partial charge is 0.445 e. The fraction of sp³-hybridized carbons (Fsp3) is 0.444. The van der Waals surface area contributed by atoms with Crippen LogP contribution in [0.5, 0.6) is 0 Å². The first-order chi connectivity index (χ1) is 20.9. The first kappa shape index (κ1) is 30.7. The molecule has 7 heteroatoms. The van der Waals surface area contributed by atoms with E-state index >= 15 is 0 Å². The quantitative estimate of drug-likeness (QED) is 0.258. The number of hydrogen-bond donors (Lipinski definition) is 0. The van der Waals surface area contributed by atoms with Crippen molar-refractivity contribution in [3.8, 4) is 0 Å². The molecule has 0 aromatic heterocycles. The molecule has 3 unspecified atom stereocenters. The summed E-state index contributed by atoms with van der Waals surface area (Å²) in [6.07, 6.45) is 4.36. The van der Waals surface area contributed by atoms with Crippen LogP contribution in [-0.4, -0.2) is 72.0 Å². The number of hydrogen-bond acceptors (Lipinski definition) is 4. The SMILES string of the molecule is CCCN(C(=O)OCc1ccccc1)C1CCN(CC2CC(N(C)C(=O)c3ccc(F)cc3)CC2c2ccccc2)CC1. The lowest BCUT2D eigenvalue weighted by molar-refractivity contribution is 0.0572. The average molecular weight is 586 g/mol. The van der Waals surface area contributed by atoms with Gasteiger partial charge in [0, 0.05) is 50.9 Å². The molecule has 3 aromatic carbocycles. The Labute approximate surface area is 255 Å². The maximum atomic E-state index is 13.5. The lowest BCUT2D eigenvalue weighted by Crippen LogP contribution is -2.48. The van der Waals surface area contributed by atoms with Crippen LogP contribution in [0, 0.1) is 11.7 Å². The van der Waals surface area contributed by atoms with E-state index in [1.54, 1.807) is 12.1 Å². The van der Waals surface area contributed by atoms with E-state index < -0.39 is 0 Å². The van der Waals surface area contributed by atoms with E-state index in [9.17, 15) is 14.0 Å². The molecule has 1 aliphatic carbocycles. The molecule has 1 saturated carbocycles. The summed E-state index contributed by atoms with van der Waals surface area (Å²) in [5.74, 6) is 0.371. The van der Waals surface area contributed by atoms with E-state index in [0.29, 0.717) is 30.6 Å². The highest BCUT2D eigenvalue weighted by Gasteiger charge is 2.40. The maximum absolute atomic E-state index is 13.5. The number of carbonyl (C=O) groups excluding carboxylic acids is 2. The molecule has 2 aliphatic rings. The first-order valence-electron chi connectivity index (χ1n) is 15.7. The molecule has 1 saturated heterocycles. The Morgan fingerprint density at radius 3 is 2.19 bits per heavy atom. The highest BCUT2D eigenvalue weighted by molar-refractivity contribution is 5.94. The predicted molar refractivity (Wildman–Crippen MR) is 167 cm³/mol. The van der Waals surface area contributed by atoms with Crippen LogP contribution in [0.25, 0.3) is 0 Å². The van der Waals surface area contributed by atoms with Gasteiger partial charge in [0.2, 0.25) is 0 Å². The minimum atomic E-state index is -0.338. The van der Waals surface area contributed by atoms with Crippen molar-refractivity contribution in [1.82, 2.24) is 14.7 Å². The number of ether oxygens (including phenoxy) is 1. The number of nitrogens with zero attached hydrogens (tertiary/aromatic N) is 3. The van der Waals surface area contributed by atoms with Gasteiger partial charge in [0.05, 0.1) is 0 Å². The monoisotopic (exact) mass is 585 g/mol. The molecule has 1 aliphatic heterocycles. The molecule has 0 N–H and O–H groups in total. The smallest absolute Gasteiger partial charge is 0.410 e. The van der Waals surface area contributed by atoms with Crippen molar-refractivity contribution in [3.63, 3.8) is 0 Å². The zero-order valence-corrected chi connectivity index (χ0v) is 25.4. The van der Waals surface area contributed by atoms with Gasteiger partial charge in [-0.25, -0.2) is 9.18 Å². The number of carbonyl (C=O) groups is 2. The van der Waals surface area contributed by atoms with E-state index in [0.717, 1.165) is 57.3 Å². The van der Waals surface area contributed by atoms with Gasteiger partial charge in [-0.15, -0.1) is 0 Å². The second-order valence-electron chi connectivity index (χ2n) is 12.1. The van der Waals surface area contributed by atoms with E-state index in [2.05, 4.69) is 36.1 Å². The lowest BCUT2D eigenvalue weighted by atomic mass is 9.88. The van der Waals surface area contributed by atoms with Gasteiger partial charge in [0.25, 0.3) is 5.91 Å².